The molecule has 1 aromatic heterocycles. The quantitative estimate of drug-likeness (QED) is 0.491. The average molecular weight is 407 g/mol. The second-order valence-electron chi connectivity index (χ2n) is 6.19. The number of nitrogens with zero attached hydrogens (tertiary/aromatic N) is 1. The summed E-state index contributed by atoms with van der Waals surface area (Å²) in [7, 11) is 0. The average Bonchev–Trinajstić information content (AvgIpc) is 3.21. The highest BCUT2D eigenvalue weighted by molar-refractivity contribution is 6.30. The van der Waals surface area contributed by atoms with Gasteiger partial charge >= 0.3 is 0 Å². The maximum Gasteiger partial charge on any atom is 0.266 e. The lowest BCUT2D eigenvalue weighted by Gasteiger charge is -2.18. The molecule has 0 atom stereocenters. The van der Waals surface area contributed by atoms with Crippen molar-refractivity contribution in [3.63, 3.8) is 0 Å². The summed E-state index contributed by atoms with van der Waals surface area (Å²) >= 11 is 5.90. The van der Waals surface area contributed by atoms with Crippen LogP contribution in [-0.2, 0) is 4.79 Å². The Morgan fingerprint density at radius 1 is 1.03 bits per heavy atom. The van der Waals surface area contributed by atoms with Crippen molar-refractivity contribution >= 4 is 29.3 Å². The Kier molecular flexibility index (Phi) is 5.23. The predicted molar refractivity (Wildman–Crippen MR) is 109 cm³/mol. The third kappa shape index (κ3) is 4.26. The highest BCUT2D eigenvalue weighted by atomic mass is 35.5. The zero-order chi connectivity index (χ0) is 20.2. The molecular formula is C22H15ClN2O4. The number of furan rings is 1. The van der Waals surface area contributed by atoms with Crippen LogP contribution in [0.4, 0.5) is 5.69 Å². The van der Waals surface area contributed by atoms with Crippen LogP contribution in [0.5, 0.6) is 11.5 Å². The van der Waals surface area contributed by atoms with E-state index in [1.54, 1.807) is 42.5 Å². The van der Waals surface area contributed by atoms with Crippen molar-refractivity contribution < 1.29 is 18.7 Å². The SMILES string of the molecule is N#C/C(=C\c1ccc(-c2ccc(Cl)cc2)o1)C(=O)Nc1ccc2c(c1)OCCO2. The van der Waals surface area contributed by atoms with Crippen molar-refractivity contribution in [2.45, 2.75) is 0 Å². The smallest absolute Gasteiger partial charge is 0.266 e. The normalized spacial score (nSPS) is 12.9. The number of rotatable bonds is 4. The minimum absolute atomic E-state index is 0.0862. The first-order valence-corrected chi connectivity index (χ1v) is 9.19. The van der Waals surface area contributed by atoms with Crippen LogP contribution in [-0.4, -0.2) is 19.1 Å². The van der Waals surface area contributed by atoms with Crippen LogP contribution < -0.4 is 14.8 Å². The molecule has 0 fully saturated rings. The van der Waals surface area contributed by atoms with Gasteiger partial charge in [-0.1, -0.05) is 11.6 Å². The third-order valence-corrected chi connectivity index (χ3v) is 4.46. The fourth-order valence-corrected chi connectivity index (χ4v) is 2.94. The number of amides is 1. The summed E-state index contributed by atoms with van der Waals surface area (Å²) in [6, 6.07) is 17.6. The molecule has 0 saturated carbocycles. The Labute approximate surface area is 171 Å². The Bertz CT molecular complexity index is 1130. The fraction of sp³-hybridized carbons (Fsp3) is 0.0909. The summed E-state index contributed by atoms with van der Waals surface area (Å²) in [5.41, 5.74) is 1.26. The van der Waals surface area contributed by atoms with Crippen LogP contribution >= 0.6 is 11.6 Å². The van der Waals surface area contributed by atoms with Crippen molar-refractivity contribution in [1.82, 2.24) is 0 Å². The first kappa shape index (κ1) is 18.7. The van der Waals surface area contributed by atoms with Gasteiger partial charge in [-0.3, -0.25) is 4.79 Å². The largest absolute Gasteiger partial charge is 0.486 e. The number of benzene rings is 2. The highest BCUT2D eigenvalue weighted by Crippen LogP contribution is 2.32. The van der Waals surface area contributed by atoms with Gasteiger partial charge in [0.2, 0.25) is 0 Å². The molecule has 6 nitrogen and oxygen atoms in total. The van der Waals surface area contributed by atoms with Gasteiger partial charge in [-0.15, -0.1) is 0 Å². The van der Waals surface area contributed by atoms with Gasteiger partial charge in [0, 0.05) is 28.4 Å². The molecule has 2 heterocycles. The minimum atomic E-state index is -0.548. The lowest BCUT2D eigenvalue weighted by Crippen LogP contribution is -2.17. The van der Waals surface area contributed by atoms with Crippen LogP contribution in [0.1, 0.15) is 5.76 Å². The number of carbonyl (C=O) groups excluding carboxylic acids is 1. The Morgan fingerprint density at radius 2 is 1.79 bits per heavy atom. The molecule has 0 spiro atoms. The van der Waals surface area contributed by atoms with Gasteiger partial charge < -0.3 is 19.2 Å². The second kappa shape index (κ2) is 8.13. The number of hydrogen-bond acceptors (Lipinski definition) is 5. The molecule has 0 aliphatic carbocycles. The lowest BCUT2D eigenvalue weighted by molar-refractivity contribution is -0.112. The van der Waals surface area contributed by atoms with E-state index >= 15 is 0 Å². The summed E-state index contributed by atoms with van der Waals surface area (Å²) in [5, 5.41) is 12.7. The van der Waals surface area contributed by atoms with Gasteiger partial charge in [0.25, 0.3) is 5.91 Å². The van der Waals surface area contributed by atoms with E-state index < -0.39 is 5.91 Å². The Morgan fingerprint density at radius 3 is 2.55 bits per heavy atom. The van der Waals surface area contributed by atoms with E-state index in [1.807, 2.05) is 18.2 Å². The number of nitrogens with one attached hydrogen (secondary N) is 1. The van der Waals surface area contributed by atoms with E-state index in [0.717, 1.165) is 5.56 Å². The number of ether oxygens (including phenoxy) is 2. The number of fused-ring (bicyclic) bond motifs is 1. The van der Waals surface area contributed by atoms with Crippen LogP contribution in [0, 0.1) is 11.3 Å². The molecular weight excluding hydrogens is 392 g/mol. The molecule has 0 saturated heterocycles. The molecule has 7 heteroatoms. The first-order chi connectivity index (χ1) is 14.1. The second-order valence-corrected chi connectivity index (χ2v) is 6.63. The number of carbonyl (C=O) groups is 1. The fourth-order valence-electron chi connectivity index (χ4n) is 2.81. The number of hydrogen-bond donors (Lipinski definition) is 1. The van der Waals surface area contributed by atoms with Crippen LogP contribution in [0.2, 0.25) is 5.02 Å². The molecule has 1 N–H and O–H groups in total. The van der Waals surface area contributed by atoms with E-state index in [4.69, 9.17) is 25.5 Å². The van der Waals surface area contributed by atoms with Crippen molar-refractivity contribution in [3.05, 3.63) is 71.0 Å². The summed E-state index contributed by atoms with van der Waals surface area (Å²) in [6.45, 7) is 0.934. The van der Waals surface area contributed by atoms with Gasteiger partial charge in [0.15, 0.2) is 11.5 Å². The molecule has 0 radical (unpaired) electrons. The molecule has 144 valence electrons. The molecule has 0 bridgehead atoms. The summed E-state index contributed by atoms with van der Waals surface area (Å²) in [5.74, 6) is 1.63. The minimum Gasteiger partial charge on any atom is -0.486 e. The zero-order valence-corrected chi connectivity index (χ0v) is 15.9. The summed E-state index contributed by atoms with van der Waals surface area (Å²) in [4.78, 5) is 12.5. The number of anilines is 1. The maximum atomic E-state index is 12.5. The molecule has 1 aliphatic rings. The Balaban J connectivity index is 1.51. The van der Waals surface area contributed by atoms with Crippen molar-refractivity contribution in [2.24, 2.45) is 0 Å². The molecule has 4 rings (SSSR count). The van der Waals surface area contributed by atoms with Gasteiger partial charge in [0.1, 0.15) is 36.4 Å². The van der Waals surface area contributed by atoms with Crippen molar-refractivity contribution in [2.75, 3.05) is 18.5 Å². The first-order valence-electron chi connectivity index (χ1n) is 8.81. The highest BCUT2D eigenvalue weighted by Gasteiger charge is 2.15. The number of nitriles is 1. The van der Waals surface area contributed by atoms with Gasteiger partial charge in [-0.2, -0.15) is 5.26 Å². The van der Waals surface area contributed by atoms with E-state index in [0.29, 0.717) is 46.9 Å². The van der Waals surface area contributed by atoms with Gasteiger partial charge in [-0.25, -0.2) is 0 Å². The van der Waals surface area contributed by atoms with Crippen LogP contribution in [0.25, 0.3) is 17.4 Å². The zero-order valence-electron chi connectivity index (χ0n) is 15.1. The van der Waals surface area contributed by atoms with Gasteiger partial charge in [-0.05, 0) is 48.5 Å². The molecule has 2 aromatic carbocycles. The molecule has 29 heavy (non-hydrogen) atoms. The molecule has 1 aliphatic heterocycles. The predicted octanol–water partition coefficient (Wildman–Crippen LogP) is 4.92. The molecule has 0 unspecified atom stereocenters. The van der Waals surface area contributed by atoms with E-state index in [1.165, 1.54) is 6.08 Å². The Hall–Kier alpha value is -3.69. The topological polar surface area (TPSA) is 84.5 Å². The van der Waals surface area contributed by atoms with Crippen LogP contribution in [0.15, 0.2) is 64.6 Å². The van der Waals surface area contributed by atoms with E-state index in [2.05, 4.69) is 5.32 Å². The van der Waals surface area contributed by atoms with Crippen molar-refractivity contribution in [1.29, 1.82) is 5.26 Å². The summed E-state index contributed by atoms with van der Waals surface area (Å²) in [6.07, 6.45) is 1.40. The molecule has 1 amide bonds. The number of halogens is 1. The standard InChI is InChI=1S/C22H15ClN2O4/c23-16-3-1-14(2-4-16)19-8-6-18(29-19)11-15(13-24)22(26)25-17-5-7-20-21(12-17)28-10-9-27-20/h1-8,11-12H,9-10H2,(H,25,26)/b15-11+. The summed E-state index contributed by atoms with van der Waals surface area (Å²) < 4.78 is 16.7. The third-order valence-electron chi connectivity index (χ3n) is 4.21. The van der Waals surface area contributed by atoms with Gasteiger partial charge in [0.05, 0.1) is 0 Å². The molecule has 3 aromatic rings. The van der Waals surface area contributed by atoms with Crippen LogP contribution in [0.3, 0.4) is 0 Å². The van der Waals surface area contributed by atoms with E-state index in [9.17, 15) is 10.1 Å². The van der Waals surface area contributed by atoms with E-state index in [-0.39, 0.29) is 5.57 Å². The van der Waals surface area contributed by atoms with Crippen molar-refractivity contribution in [3.8, 4) is 28.9 Å². The monoisotopic (exact) mass is 406 g/mol. The lowest BCUT2D eigenvalue weighted by atomic mass is 10.2. The maximum absolute atomic E-state index is 12.5.